The van der Waals surface area contributed by atoms with Gasteiger partial charge in [-0.15, -0.1) is 0 Å². The van der Waals surface area contributed by atoms with Crippen molar-refractivity contribution in [1.29, 1.82) is 0 Å². The molecule has 0 heterocycles. The summed E-state index contributed by atoms with van der Waals surface area (Å²) in [7, 11) is 0. The number of aliphatic hydroxyl groups is 1. The zero-order valence-electron chi connectivity index (χ0n) is 19.4. The first-order valence-corrected chi connectivity index (χ1v) is 12.7. The predicted molar refractivity (Wildman–Crippen MR) is 119 cm³/mol. The van der Waals surface area contributed by atoms with E-state index in [0.717, 1.165) is 24.2 Å². The van der Waals surface area contributed by atoms with Crippen LogP contribution in [0.4, 0.5) is 0 Å². The zero-order valence-corrected chi connectivity index (χ0v) is 19.4. The predicted octanol–water partition coefficient (Wildman–Crippen LogP) is 7.53. The molecule has 0 aromatic heterocycles. The Balaban J connectivity index is 1.57. The Morgan fingerprint density at radius 3 is 2.54 bits per heavy atom. The van der Waals surface area contributed by atoms with Gasteiger partial charge in [-0.05, 0) is 79.4 Å². The number of rotatable bonds is 5. The highest BCUT2D eigenvalue weighted by atomic mass is 16.3. The van der Waals surface area contributed by atoms with E-state index in [1.807, 2.05) is 5.57 Å². The first kappa shape index (κ1) is 21.0. The Morgan fingerprint density at radius 2 is 1.79 bits per heavy atom. The van der Waals surface area contributed by atoms with Gasteiger partial charge in [-0.2, -0.15) is 0 Å². The van der Waals surface area contributed by atoms with E-state index in [1.54, 1.807) is 5.57 Å². The molecule has 0 aromatic carbocycles. The van der Waals surface area contributed by atoms with Crippen LogP contribution in [-0.4, -0.2) is 11.2 Å². The Bertz CT molecular complexity index is 603. The summed E-state index contributed by atoms with van der Waals surface area (Å²) in [6, 6.07) is 0. The lowest BCUT2D eigenvalue weighted by molar-refractivity contribution is 0.0439. The van der Waals surface area contributed by atoms with Crippen molar-refractivity contribution < 1.29 is 5.11 Å². The first-order chi connectivity index (χ1) is 13.3. The van der Waals surface area contributed by atoms with Crippen molar-refractivity contribution in [2.45, 2.75) is 118 Å². The second-order valence-electron chi connectivity index (χ2n) is 12.1. The molecule has 7 atom stereocenters. The third-order valence-corrected chi connectivity index (χ3v) is 10.1. The molecule has 0 amide bonds. The molecule has 1 heteroatoms. The molecule has 1 N–H and O–H groups in total. The summed E-state index contributed by atoms with van der Waals surface area (Å²) in [5, 5.41) is 11.3. The van der Waals surface area contributed by atoms with Crippen LogP contribution in [0.2, 0.25) is 0 Å². The van der Waals surface area contributed by atoms with Gasteiger partial charge in [-0.3, -0.25) is 0 Å². The van der Waals surface area contributed by atoms with Crippen molar-refractivity contribution in [3.8, 4) is 0 Å². The van der Waals surface area contributed by atoms with Crippen molar-refractivity contribution in [2.24, 2.45) is 40.4 Å². The standard InChI is InChI=1S/C27H46O/c1-18(2)9-8-10-19(3)23-17-24(28)25-21-13-12-20-11-6-7-15-26(20,4)22(21)14-16-27(23,25)5/h18-20,23-25,28H,6-17H2,1-5H3/t19-,20-,23-,24?,25-,26+,27-/m1/s1. The minimum absolute atomic E-state index is 0.0865. The molecule has 160 valence electrons. The molecule has 0 aromatic rings. The molecule has 2 fully saturated rings. The summed E-state index contributed by atoms with van der Waals surface area (Å²) in [5.74, 6) is 3.68. The Hall–Kier alpha value is -0.300. The van der Waals surface area contributed by atoms with Gasteiger partial charge < -0.3 is 5.11 Å². The van der Waals surface area contributed by atoms with Crippen LogP contribution < -0.4 is 0 Å². The second kappa shape index (κ2) is 7.75. The molecule has 4 aliphatic rings. The van der Waals surface area contributed by atoms with E-state index < -0.39 is 0 Å². The van der Waals surface area contributed by atoms with E-state index in [0.29, 0.717) is 22.7 Å². The minimum Gasteiger partial charge on any atom is -0.392 e. The van der Waals surface area contributed by atoms with Crippen LogP contribution in [0, 0.1) is 40.4 Å². The third kappa shape index (κ3) is 3.32. The van der Waals surface area contributed by atoms with E-state index in [1.165, 1.54) is 70.6 Å². The number of fused-ring (bicyclic) bond motifs is 4. The maximum absolute atomic E-state index is 11.3. The first-order valence-electron chi connectivity index (χ1n) is 12.7. The average molecular weight is 387 g/mol. The van der Waals surface area contributed by atoms with Crippen molar-refractivity contribution in [3.05, 3.63) is 11.1 Å². The molecule has 1 unspecified atom stereocenters. The Labute approximate surface area is 174 Å². The normalized spacial score (nSPS) is 44.2. The summed E-state index contributed by atoms with van der Waals surface area (Å²) in [5.41, 5.74) is 4.39. The summed E-state index contributed by atoms with van der Waals surface area (Å²) in [4.78, 5) is 0. The lowest BCUT2D eigenvalue weighted by atomic mass is 9.50. The van der Waals surface area contributed by atoms with Gasteiger partial charge in [0.1, 0.15) is 0 Å². The van der Waals surface area contributed by atoms with E-state index in [9.17, 15) is 5.11 Å². The summed E-state index contributed by atoms with van der Waals surface area (Å²) in [6.45, 7) is 12.4. The molecule has 0 saturated heterocycles. The fourth-order valence-corrected chi connectivity index (χ4v) is 8.54. The fraction of sp³-hybridized carbons (Fsp3) is 0.926. The Kier molecular flexibility index (Phi) is 5.80. The summed E-state index contributed by atoms with van der Waals surface area (Å²) in [6.07, 6.45) is 16.1. The lowest BCUT2D eigenvalue weighted by Crippen LogP contribution is -2.45. The largest absolute Gasteiger partial charge is 0.392 e. The SMILES string of the molecule is CC(C)CCC[C@@H](C)[C@H]1CC(O)[C@H]2C3=C(CC[C@@]21C)[C@@]1(C)CCCC[C@@H]1CC3. The molecule has 2 saturated carbocycles. The number of hydrogen-bond donors (Lipinski definition) is 1. The summed E-state index contributed by atoms with van der Waals surface area (Å²) >= 11 is 0. The van der Waals surface area contributed by atoms with Crippen LogP contribution in [-0.2, 0) is 0 Å². The molecule has 0 aliphatic heterocycles. The molecule has 1 nitrogen and oxygen atoms in total. The van der Waals surface area contributed by atoms with Gasteiger partial charge >= 0.3 is 0 Å². The lowest BCUT2D eigenvalue weighted by Gasteiger charge is -2.54. The highest BCUT2D eigenvalue weighted by molar-refractivity contribution is 5.35. The van der Waals surface area contributed by atoms with Gasteiger partial charge in [0.2, 0.25) is 0 Å². The van der Waals surface area contributed by atoms with Gasteiger partial charge in [0.05, 0.1) is 6.10 Å². The van der Waals surface area contributed by atoms with Crippen LogP contribution in [0.3, 0.4) is 0 Å². The number of aliphatic hydroxyl groups excluding tert-OH is 1. The van der Waals surface area contributed by atoms with Crippen molar-refractivity contribution in [1.82, 2.24) is 0 Å². The maximum Gasteiger partial charge on any atom is 0.0613 e. The minimum atomic E-state index is -0.0865. The van der Waals surface area contributed by atoms with Gasteiger partial charge in [-0.1, -0.05) is 77.9 Å². The molecule has 0 bridgehead atoms. The molecule has 0 radical (unpaired) electrons. The molecule has 4 aliphatic carbocycles. The quantitative estimate of drug-likeness (QED) is 0.484. The summed E-state index contributed by atoms with van der Waals surface area (Å²) < 4.78 is 0. The average Bonchev–Trinajstić information content (AvgIpc) is 2.92. The van der Waals surface area contributed by atoms with Crippen LogP contribution >= 0.6 is 0 Å². The highest BCUT2D eigenvalue weighted by Gasteiger charge is 2.58. The van der Waals surface area contributed by atoms with Crippen LogP contribution in [0.25, 0.3) is 0 Å². The second-order valence-corrected chi connectivity index (χ2v) is 12.1. The highest BCUT2D eigenvalue weighted by Crippen LogP contribution is 2.66. The monoisotopic (exact) mass is 386 g/mol. The van der Waals surface area contributed by atoms with E-state index in [2.05, 4.69) is 34.6 Å². The van der Waals surface area contributed by atoms with Crippen molar-refractivity contribution in [2.75, 3.05) is 0 Å². The molecule has 28 heavy (non-hydrogen) atoms. The van der Waals surface area contributed by atoms with E-state index >= 15 is 0 Å². The van der Waals surface area contributed by atoms with Gasteiger partial charge in [-0.25, -0.2) is 0 Å². The van der Waals surface area contributed by atoms with Gasteiger partial charge in [0, 0.05) is 5.92 Å². The molecular weight excluding hydrogens is 340 g/mol. The molecular formula is C27H46O. The topological polar surface area (TPSA) is 20.2 Å². The van der Waals surface area contributed by atoms with Gasteiger partial charge in [0.25, 0.3) is 0 Å². The van der Waals surface area contributed by atoms with Crippen LogP contribution in [0.1, 0.15) is 112 Å². The van der Waals surface area contributed by atoms with Crippen molar-refractivity contribution in [3.63, 3.8) is 0 Å². The molecule has 0 spiro atoms. The van der Waals surface area contributed by atoms with Crippen molar-refractivity contribution >= 4 is 0 Å². The van der Waals surface area contributed by atoms with Gasteiger partial charge in [0.15, 0.2) is 0 Å². The zero-order chi connectivity index (χ0) is 20.1. The van der Waals surface area contributed by atoms with Crippen LogP contribution in [0.15, 0.2) is 11.1 Å². The number of hydrogen-bond acceptors (Lipinski definition) is 1. The van der Waals surface area contributed by atoms with E-state index in [-0.39, 0.29) is 6.10 Å². The maximum atomic E-state index is 11.3. The third-order valence-electron chi connectivity index (χ3n) is 10.1. The van der Waals surface area contributed by atoms with Crippen LogP contribution in [0.5, 0.6) is 0 Å². The van der Waals surface area contributed by atoms with E-state index in [4.69, 9.17) is 0 Å². The number of allylic oxidation sites excluding steroid dienone is 1. The smallest absolute Gasteiger partial charge is 0.0613 e. The molecule has 4 rings (SSSR count). The Morgan fingerprint density at radius 1 is 1.00 bits per heavy atom. The fourth-order valence-electron chi connectivity index (χ4n) is 8.54.